The van der Waals surface area contributed by atoms with Gasteiger partial charge in [0.1, 0.15) is 0 Å². The molecule has 0 aromatic heterocycles. The fourth-order valence-electron chi connectivity index (χ4n) is 18.0. The predicted molar refractivity (Wildman–Crippen MR) is 481 cm³/mol. The summed E-state index contributed by atoms with van der Waals surface area (Å²) < 4.78 is 0. The first-order valence-electron chi connectivity index (χ1n) is 39.1. The van der Waals surface area contributed by atoms with E-state index in [9.17, 15) is 0 Å². The number of rotatable bonds is 14. The van der Waals surface area contributed by atoms with Crippen molar-refractivity contribution < 1.29 is 0 Å². The molecule has 0 amide bonds. The molecule has 0 spiro atoms. The molecule has 0 aliphatic carbocycles. The van der Waals surface area contributed by atoms with Gasteiger partial charge in [0.25, 0.3) is 6.71 Å². The Morgan fingerprint density at radius 1 is 0.150 bits per heavy atom. The van der Waals surface area contributed by atoms with E-state index in [-0.39, 0.29) is 6.71 Å². The molecule has 0 unspecified atom stereocenters. The number of nitrogens with zero attached hydrogens (tertiary/aromatic N) is 2. The molecule has 2 aliphatic rings. The molecule has 2 aliphatic heterocycles. The van der Waals surface area contributed by atoms with Crippen LogP contribution in [0.1, 0.15) is 0 Å². The van der Waals surface area contributed by atoms with Crippen molar-refractivity contribution in [1.82, 2.24) is 0 Å². The van der Waals surface area contributed by atoms with Crippen LogP contribution in [0, 0.1) is 0 Å². The molecule has 0 bridgehead atoms. The standard InChI is InChI=1S/C110H73BN2/c1-12-34-74(35-13-1)85-57-61-93-98(64-85)106(84-54-32-11-33-55-84)92-60-56-86(75-36-14-2-15-37-75)65-99(92)107(93)91-72-104-108-105(73-91)113(110-96(82-50-28-9-29-51-82)68-90(79-44-22-6-23-45-79)69-97(110)83-52-30-10-31-53-83)103-63-59-88(77-40-18-4-19-41-77)71-101(103)111(108)100-70-87(76-38-16-3-17-39-76)58-62-102(100)112(104)109-94(80-46-24-7-25-47-80)66-89(78-42-20-5-21-43-78)67-95(109)81-48-26-8-27-49-81/h1-73H. The minimum Gasteiger partial charge on any atom is -0.310 e. The molecule has 0 saturated carbocycles. The summed E-state index contributed by atoms with van der Waals surface area (Å²) in [6, 6.07) is 166. The average Bonchev–Trinajstić information content (AvgIpc) is 0.684. The van der Waals surface area contributed by atoms with Gasteiger partial charge in [-0.3, -0.25) is 0 Å². The topological polar surface area (TPSA) is 6.48 Å². The SMILES string of the molecule is c1ccc(-c2ccc3c(c2)B2c4cc(-c5ccccc5)ccc4N(c4c(-c5ccccc5)cc(-c5ccccc5)cc4-c4ccccc4)c4cc(-c5c6ccc(-c7ccccc7)cc6c(-c6ccccc6)c6ccc(-c7ccccc7)cc56)cc(c42)N3c2c(-c3ccccc3)cc(-c3ccccc3)cc2-c2ccccc2)cc1. The molecule has 0 N–H and O–H groups in total. The van der Waals surface area contributed by atoms with E-state index in [1.807, 2.05) is 0 Å². The Balaban J connectivity index is 0.990. The average molecular weight is 1430 g/mol. The van der Waals surface area contributed by atoms with Gasteiger partial charge in [0, 0.05) is 45.0 Å². The summed E-state index contributed by atoms with van der Waals surface area (Å²) in [4.78, 5) is 5.43. The molecule has 0 saturated heterocycles. The van der Waals surface area contributed by atoms with Crippen molar-refractivity contribution in [3.8, 4) is 134 Å². The Morgan fingerprint density at radius 3 is 0.681 bits per heavy atom. The second-order valence-corrected chi connectivity index (χ2v) is 29.7. The largest absolute Gasteiger partial charge is 0.310 e. The van der Waals surface area contributed by atoms with Gasteiger partial charge >= 0.3 is 0 Å². The highest BCUT2D eigenvalue weighted by Gasteiger charge is 2.46. The fourth-order valence-corrected chi connectivity index (χ4v) is 18.0. The smallest absolute Gasteiger partial charge is 0.252 e. The van der Waals surface area contributed by atoms with Gasteiger partial charge in [0.15, 0.2) is 0 Å². The molecule has 0 fully saturated rings. The van der Waals surface area contributed by atoms with Crippen molar-refractivity contribution in [2.75, 3.05) is 9.80 Å². The predicted octanol–water partition coefficient (Wildman–Crippen LogP) is 28.1. The van der Waals surface area contributed by atoms with E-state index in [4.69, 9.17) is 0 Å². The summed E-state index contributed by atoms with van der Waals surface area (Å²) in [5.74, 6) is 0. The zero-order chi connectivity index (χ0) is 74.7. The van der Waals surface area contributed by atoms with Crippen LogP contribution < -0.4 is 26.2 Å². The van der Waals surface area contributed by atoms with E-state index in [1.165, 1.54) is 32.7 Å². The summed E-state index contributed by atoms with van der Waals surface area (Å²) in [6.07, 6.45) is 0. The molecule has 0 atom stereocenters. The summed E-state index contributed by atoms with van der Waals surface area (Å²) in [6.45, 7) is -0.321. The van der Waals surface area contributed by atoms with Crippen LogP contribution in [0.4, 0.5) is 34.1 Å². The maximum Gasteiger partial charge on any atom is 0.252 e. The van der Waals surface area contributed by atoms with Crippen LogP contribution in [0.3, 0.4) is 0 Å². The van der Waals surface area contributed by atoms with Gasteiger partial charge in [0.2, 0.25) is 0 Å². The van der Waals surface area contributed by atoms with Crippen LogP contribution in [0.2, 0.25) is 0 Å². The quantitative estimate of drug-likeness (QED) is 0.0791. The van der Waals surface area contributed by atoms with E-state index >= 15 is 0 Å². The van der Waals surface area contributed by atoms with Gasteiger partial charge in [0.05, 0.1) is 11.4 Å². The molecule has 3 heteroatoms. The highest BCUT2D eigenvalue weighted by atomic mass is 15.2. The van der Waals surface area contributed by atoms with Crippen LogP contribution in [-0.4, -0.2) is 6.71 Å². The first-order chi connectivity index (χ1) is 56.1. The van der Waals surface area contributed by atoms with Crippen molar-refractivity contribution >= 4 is 78.8 Å². The number of hydrogen-bond donors (Lipinski definition) is 0. The highest BCUT2D eigenvalue weighted by Crippen LogP contribution is 2.57. The normalized spacial score (nSPS) is 12.0. The Kier molecular flexibility index (Phi) is 16.7. The first kappa shape index (κ1) is 66.6. The van der Waals surface area contributed by atoms with Crippen LogP contribution in [0.15, 0.2) is 443 Å². The number of anilines is 6. The zero-order valence-electron chi connectivity index (χ0n) is 62.1. The summed E-state index contributed by atoms with van der Waals surface area (Å²) >= 11 is 0. The molecular formula is C110H73BN2. The summed E-state index contributed by atoms with van der Waals surface area (Å²) in [5, 5.41) is 4.65. The molecule has 21 rings (SSSR count). The maximum atomic E-state index is 2.72. The molecule has 19 aromatic carbocycles. The van der Waals surface area contributed by atoms with Crippen molar-refractivity contribution in [3.63, 3.8) is 0 Å². The highest BCUT2D eigenvalue weighted by molar-refractivity contribution is 7.00. The zero-order valence-corrected chi connectivity index (χ0v) is 62.1. The Labute approximate surface area is 660 Å². The van der Waals surface area contributed by atoms with Gasteiger partial charge in [-0.2, -0.15) is 0 Å². The number of benzene rings is 19. The van der Waals surface area contributed by atoms with Gasteiger partial charge < -0.3 is 9.80 Å². The molecular weight excluding hydrogens is 1360 g/mol. The molecule has 113 heavy (non-hydrogen) atoms. The number of fused-ring (bicyclic) bond motifs is 6. The fraction of sp³-hybridized carbons (Fsp3) is 0. The van der Waals surface area contributed by atoms with E-state index in [1.54, 1.807) is 0 Å². The maximum absolute atomic E-state index is 2.72. The minimum absolute atomic E-state index is 0.321. The van der Waals surface area contributed by atoms with Crippen molar-refractivity contribution in [2.45, 2.75) is 0 Å². The lowest BCUT2D eigenvalue weighted by Gasteiger charge is -2.46. The van der Waals surface area contributed by atoms with E-state index in [0.717, 1.165) is 173 Å². The van der Waals surface area contributed by atoms with E-state index < -0.39 is 0 Å². The lowest BCUT2D eigenvalue weighted by Crippen LogP contribution is -2.61. The third-order valence-corrected chi connectivity index (χ3v) is 23.2. The summed E-state index contributed by atoms with van der Waals surface area (Å²) in [5.41, 5.74) is 37.4. The van der Waals surface area contributed by atoms with Crippen LogP contribution >= 0.6 is 0 Å². The lowest BCUT2D eigenvalue weighted by molar-refractivity contribution is 1.25. The van der Waals surface area contributed by atoms with Crippen molar-refractivity contribution in [3.05, 3.63) is 443 Å². The molecule has 2 nitrogen and oxygen atoms in total. The van der Waals surface area contributed by atoms with Gasteiger partial charge in [-0.05, 0) is 210 Å². The van der Waals surface area contributed by atoms with Crippen LogP contribution in [-0.2, 0) is 0 Å². The van der Waals surface area contributed by atoms with Crippen LogP contribution in [0.5, 0.6) is 0 Å². The van der Waals surface area contributed by atoms with E-state index in [0.29, 0.717) is 0 Å². The monoisotopic (exact) mass is 1430 g/mol. The second-order valence-electron chi connectivity index (χ2n) is 29.7. The first-order valence-corrected chi connectivity index (χ1v) is 39.1. The molecule has 526 valence electrons. The molecule has 2 heterocycles. The summed E-state index contributed by atoms with van der Waals surface area (Å²) in [7, 11) is 0. The Bertz CT molecular complexity index is 6380. The van der Waals surface area contributed by atoms with Crippen molar-refractivity contribution in [2.24, 2.45) is 0 Å². The van der Waals surface area contributed by atoms with Gasteiger partial charge in [-0.25, -0.2) is 0 Å². The number of hydrogen-bond acceptors (Lipinski definition) is 2. The molecule has 0 radical (unpaired) electrons. The minimum atomic E-state index is -0.321. The van der Waals surface area contributed by atoms with Crippen molar-refractivity contribution in [1.29, 1.82) is 0 Å². The van der Waals surface area contributed by atoms with E-state index in [2.05, 4.69) is 453 Å². The third kappa shape index (κ3) is 11.8. The third-order valence-electron chi connectivity index (χ3n) is 23.2. The van der Waals surface area contributed by atoms with Gasteiger partial charge in [-0.15, -0.1) is 0 Å². The molecule has 19 aromatic rings. The second kappa shape index (κ2) is 28.4. The van der Waals surface area contributed by atoms with Gasteiger partial charge in [-0.1, -0.05) is 382 Å². The Morgan fingerprint density at radius 2 is 0.389 bits per heavy atom. The lowest BCUT2D eigenvalue weighted by atomic mass is 9.33. The van der Waals surface area contributed by atoms with Crippen LogP contribution in [0.25, 0.3) is 155 Å². The Hall–Kier alpha value is -14.6.